The van der Waals surface area contributed by atoms with E-state index in [1.165, 1.54) is 0 Å². The molecule has 0 amide bonds. The van der Waals surface area contributed by atoms with E-state index in [0.29, 0.717) is 30.8 Å². The molecule has 0 atom stereocenters. The number of hydrogen-bond donors (Lipinski definition) is 2. The number of pyridine rings is 2. The zero-order chi connectivity index (χ0) is 18.6. The number of nitrogens with zero attached hydrogens (tertiary/aromatic N) is 5. The Balaban J connectivity index is 1.72. The SMILES string of the molecule is Cc1cc(Nc2cc(-c3ccc(N)nc3)nc(N3CCOCC3)n2)ccn1. The topological polar surface area (TPSA) is 102 Å². The lowest BCUT2D eigenvalue weighted by molar-refractivity contribution is 0.122. The number of nitrogens with two attached hydrogens (primary N) is 1. The van der Waals surface area contributed by atoms with Crippen LogP contribution in [0.5, 0.6) is 0 Å². The van der Waals surface area contributed by atoms with Gasteiger partial charge in [-0.25, -0.2) is 9.97 Å². The molecule has 138 valence electrons. The summed E-state index contributed by atoms with van der Waals surface area (Å²) in [5, 5.41) is 3.35. The van der Waals surface area contributed by atoms with Crippen LogP contribution in [0.2, 0.25) is 0 Å². The number of aryl methyl sites for hydroxylation is 1. The van der Waals surface area contributed by atoms with Crippen molar-refractivity contribution in [2.45, 2.75) is 6.92 Å². The second kappa shape index (κ2) is 7.55. The normalized spacial score (nSPS) is 14.2. The Labute approximate surface area is 157 Å². The minimum atomic E-state index is 0.479. The molecule has 0 aromatic carbocycles. The summed E-state index contributed by atoms with van der Waals surface area (Å²) < 4.78 is 5.44. The Morgan fingerprint density at radius 1 is 1.07 bits per heavy atom. The zero-order valence-corrected chi connectivity index (χ0v) is 15.1. The molecule has 4 rings (SSSR count). The van der Waals surface area contributed by atoms with Gasteiger partial charge in [0, 0.05) is 48.5 Å². The fraction of sp³-hybridized carbons (Fsp3) is 0.263. The summed E-state index contributed by atoms with van der Waals surface area (Å²) in [7, 11) is 0. The first-order valence-electron chi connectivity index (χ1n) is 8.81. The summed E-state index contributed by atoms with van der Waals surface area (Å²) in [6, 6.07) is 9.47. The molecule has 3 N–H and O–H groups in total. The monoisotopic (exact) mass is 363 g/mol. The van der Waals surface area contributed by atoms with Crippen LogP contribution in [0.4, 0.5) is 23.3 Å². The first-order valence-corrected chi connectivity index (χ1v) is 8.81. The molecule has 1 fully saturated rings. The van der Waals surface area contributed by atoms with Gasteiger partial charge < -0.3 is 20.7 Å². The molecular weight excluding hydrogens is 342 g/mol. The highest BCUT2D eigenvalue weighted by Gasteiger charge is 2.16. The van der Waals surface area contributed by atoms with Crippen molar-refractivity contribution in [1.29, 1.82) is 0 Å². The van der Waals surface area contributed by atoms with Gasteiger partial charge in [-0.2, -0.15) is 4.98 Å². The van der Waals surface area contributed by atoms with Crippen LogP contribution in [0.15, 0.2) is 42.7 Å². The Bertz CT molecular complexity index is 924. The number of morpholine rings is 1. The highest BCUT2D eigenvalue weighted by atomic mass is 16.5. The van der Waals surface area contributed by atoms with Gasteiger partial charge in [0.05, 0.1) is 18.9 Å². The third kappa shape index (κ3) is 4.12. The van der Waals surface area contributed by atoms with Crippen LogP contribution in [0, 0.1) is 6.92 Å². The molecule has 0 unspecified atom stereocenters. The van der Waals surface area contributed by atoms with Crippen LogP contribution in [0.25, 0.3) is 11.3 Å². The Morgan fingerprint density at radius 3 is 2.67 bits per heavy atom. The van der Waals surface area contributed by atoms with Gasteiger partial charge in [0.25, 0.3) is 0 Å². The van der Waals surface area contributed by atoms with Crippen molar-refractivity contribution in [2.75, 3.05) is 42.3 Å². The molecule has 4 heterocycles. The van der Waals surface area contributed by atoms with E-state index in [2.05, 4.69) is 20.2 Å². The van der Waals surface area contributed by atoms with Crippen molar-refractivity contribution in [3.05, 3.63) is 48.4 Å². The van der Waals surface area contributed by atoms with Crippen LogP contribution in [-0.4, -0.2) is 46.2 Å². The van der Waals surface area contributed by atoms with Gasteiger partial charge in [0.1, 0.15) is 11.6 Å². The second-order valence-corrected chi connectivity index (χ2v) is 6.32. The molecule has 1 aliphatic heterocycles. The molecule has 3 aromatic heterocycles. The summed E-state index contributed by atoms with van der Waals surface area (Å²) >= 11 is 0. The summed E-state index contributed by atoms with van der Waals surface area (Å²) in [6.07, 6.45) is 3.49. The van der Waals surface area contributed by atoms with E-state index in [1.54, 1.807) is 18.5 Å². The average Bonchev–Trinajstić information content (AvgIpc) is 2.69. The van der Waals surface area contributed by atoms with Gasteiger partial charge >= 0.3 is 0 Å². The predicted octanol–water partition coefficient (Wildman–Crippen LogP) is 2.40. The lowest BCUT2D eigenvalue weighted by Crippen LogP contribution is -2.37. The lowest BCUT2D eigenvalue weighted by Gasteiger charge is -2.27. The molecule has 27 heavy (non-hydrogen) atoms. The maximum Gasteiger partial charge on any atom is 0.228 e. The number of ether oxygens (including phenoxy) is 1. The Morgan fingerprint density at radius 2 is 1.93 bits per heavy atom. The smallest absolute Gasteiger partial charge is 0.228 e. The third-order valence-corrected chi connectivity index (χ3v) is 4.26. The first kappa shape index (κ1) is 17.2. The van der Waals surface area contributed by atoms with Crippen LogP contribution >= 0.6 is 0 Å². The highest BCUT2D eigenvalue weighted by Crippen LogP contribution is 2.25. The fourth-order valence-corrected chi connectivity index (χ4v) is 2.88. The van der Waals surface area contributed by atoms with E-state index in [-0.39, 0.29) is 0 Å². The average molecular weight is 363 g/mol. The second-order valence-electron chi connectivity index (χ2n) is 6.32. The maximum absolute atomic E-state index is 5.71. The van der Waals surface area contributed by atoms with E-state index in [0.717, 1.165) is 35.7 Å². The van der Waals surface area contributed by atoms with Gasteiger partial charge in [-0.05, 0) is 31.2 Å². The largest absolute Gasteiger partial charge is 0.384 e. The molecule has 3 aromatic rings. The summed E-state index contributed by atoms with van der Waals surface area (Å²) in [5.41, 5.74) is 9.24. The van der Waals surface area contributed by atoms with E-state index in [1.807, 2.05) is 31.2 Å². The van der Waals surface area contributed by atoms with Gasteiger partial charge in [0.2, 0.25) is 5.95 Å². The number of nitrogen functional groups attached to an aromatic ring is 1. The Kier molecular flexibility index (Phi) is 4.80. The molecule has 8 nitrogen and oxygen atoms in total. The van der Waals surface area contributed by atoms with Crippen LogP contribution in [0.3, 0.4) is 0 Å². The van der Waals surface area contributed by atoms with Crippen molar-refractivity contribution in [2.24, 2.45) is 0 Å². The molecule has 1 saturated heterocycles. The van der Waals surface area contributed by atoms with Crippen LogP contribution in [0.1, 0.15) is 5.69 Å². The quantitative estimate of drug-likeness (QED) is 0.728. The Hall–Kier alpha value is -3.26. The van der Waals surface area contributed by atoms with Crippen molar-refractivity contribution >= 4 is 23.3 Å². The molecule has 0 bridgehead atoms. The van der Waals surface area contributed by atoms with Crippen molar-refractivity contribution in [3.63, 3.8) is 0 Å². The number of anilines is 4. The van der Waals surface area contributed by atoms with E-state index >= 15 is 0 Å². The van der Waals surface area contributed by atoms with Gasteiger partial charge in [0.15, 0.2) is 0 Å². The van der Waals surface area contributed by atoms with E-state index in [4.69, 9.17) is 20.4 Å². The fourth-order valence-electron chi connectivity index (χ4n) is 2.88. The molecule has 0 saturated carbocycles. The van der Waals surface area contributed by atoms with E-state index < -0.39 is 0 Å². The number of aromatic nitrogens is 4. The summed E-state index contributed by atoms with van der Waals surface area (Å²) in [6.45, 7) is 4.82. The summed E-state index contributed by atoms with van der Waals surface area (Å²) in [4.78, 5) is 20.0. The zero-order valence-electron chi connectivity index (χ0n) is 15.1. The molecule has 8 heteroatoms. The number of rotatable bonds is 4. The first-order chi connectivity index (χ1) is 13.2. The molecular formula is C19H21N7O. The van der Waals surface area contributed by atoms with Crippen molar-refractivity contribution < 1.29 is 4.74 Å². The van der Waals surface area contributed by atoms with Crippen LogP contribution in [-0.2, 0) is 4.74 Å². The number of nitrogens with one attached hydrogen (secondary N) is 1. The van der Waals surface area contributed by atoms with Gasteiger partial charge in [-0.15, -0.1) is 0 Å². The standard InChI is InChI=1S/C19H21N7O/c1-13-10-15(4-5-21-13)23-18-11-16(14-2-3-17(20)22-12-14)24-19(25-18)26-6-8-27-9-7-26/h2-5,10-12H,6-9H2,1H3,(H2,20,22)(H,21,23,24,25). The molecule has 1 aliphatic rings. The van der Waals surface area contributed by atoms with Crippen molar-refractivity contribution in [3.8, 4) is 11.3 Å². The molecule has 0 aliphatic carbocycles. The predicted molar refractivity (Wildman–Crippen MR) is 105 cm³/mol. The third-order valence-electron chi connectivity index (χ3n) is 4.26. The van der Waals surface area contributed by atoms with Gasteiger partial charge in [-0.3, -0.25) is 4.98 Å². The summed E-state index contributed by atoms with van der Waals surface area (Å²) in [5.74, 6) is 1.86. The van der Waals surface area contributed by atoms with Gasteiger partial charge in [-0.1, -0.05) is 0 Å². The minimum Gasteiger partial charge on any atom is -0.384 e. The van der Waals surface area contributed by atoms with Crippen LogP contribution < -0.4 is 16.0 Å². The molecule has 0 radical (unpaired) electrons. The highest BCUT2D eigenvalue weighted by molar-refractivity contribution is 5.67. The number of hydrogen-bond acceptors (Lipinski definition) is 8. The minimum absolute atomic E-state index is 0.479. The molecule has 0 spiro atoms. The van der Waals surface area contributed by atoms with Crippen molar-refractivity contribution in [1.82, 2.24) is 19.9 Å². The maximum atomic E-state index is 5.71. The van der Waals surface area contributed by atoms with E-state index in [9.17, 15) is 0 Å². The lowest BCUT2D eigenvalue weighted by atomic mass is 10.2.